The molecule has 0 fully saturated rings. The fourth-order valence-corrected chi connectivity index (χ4v) is 1.94. The second-order valence-electron chi connectivity index (χ2n) is 3.83. The van der Waals surface area contributed by atoms with Crippen LogP contribution in [-0.4, -0.2) is 18.6 Å². The third kappa shape index (κ3) is 4.38. The molecule has 1 aromatic carbocycles. The first-order valence-electron chi connectivity index (χ1n) is 5.92. The molecule has 5 heteroatoms. The van der Waals surface area contributed by atoms with Crippen LogP contribution in [0.3, 0.4) is 0 Å². The molecule has 1 unspecified atom stereocenters. The van der Waals surface area contributed by atoms with Crippen LogP contribution in [0.25, 0.3) is 0 Å². The number of hydrogen-bond donors (Lipinski definition) is 1. The summed E-state index contributed by atoms with van der Waals surface area (Å²) in [5, 5.41) is 3.07. The van der Waals surface area contributed by atoms with E-state index >= 15 is 0 Å². The SMILES string of the molecule is CCOC(=O)C(CC)NCc1cc(F)ccc1Br. The molecule has 0 amide bonds. The summed E-state index contributed by atoms with van der Waals surface area (Å²) in [6.07, 6.45) is 0.631. The molecule has 1 aromatic rings. The molecule has 100 valence electrons. The maximum atomic E-state index is 13.1. The van der Waals surface area contributed by atoms with E-state index in [0.29, 0.717) is 19.6 Å². The topological polar surface area (TPSA) is 38.3 Å². The van der Waals surface area contributed by atoms with E-state index < -0.39 is 0 Å². The van der Waals surface area contributed by atoms with E-state index in [0.717, 1.165) is 10.0 Å². The number of benzene rings is 1. The summed E-state index contributed by atoms with van der Waals surface area (Å²) in [6.45, 7) is 4.44. The number of rotatable bonds is 6. The summed E-state index contributed by atoms with van der Waals surface area (Å²) >= 11 is 3.35. The lowest BCUT2D eigenvalue weighted by Gasteiger charge is -2.16. The van der Waals surface area contributed by atoms with Crippen LogP contribution in [0.2, 0.25) is 0 Å². The van der Waals surface area contributed by atoms with Crippen molar-refractivity contribution >= 4 is 21.9 Å². The Hall–Kier alpha value is -0.940. The van der Waals surface area contributed by atoms with Gasteiger partial charge in [-0.25, -0.2) is 4.39 Å². The minimum Gasteiger partial charge on any atom is -0.465 e. The Morgan fingerprint density at radius 1 is 1.50 bits per heavy atom. The zero-order valence-corrected chi connectivity index (χ0v) is 12.1. The molecular formula is C13H17BrFNO2. The molecule has 0 aliphatic rings. The highest BCUT2D eigenvalue weighted by molar-refractivity contribution is 9.10. The van der Waals surface area contributed by atoms with Crippen molar-refractivity contribution in [2.24, 2.45) is 0 Å². The first kappa shape index (κ1) is 15.1. The molecule has 0 heterocycles. The highest BCUT2D eigenvalue weighted by atomic mass is 79.9. The van der Waals surface area contributed by atoms with Gasteiger partial charge < -0.3 is 10.1 Å². The molecule has 0 radical (unpaired) electrons. The molecule has 0 aromatic heterocycles. The number of hydrogen-bond acceptors (Lipinski definition) is 3. The molecule has 1 atom stereocenters. The third-order valence-corrected chi connectivity index (χ3v) is 3.30. The molecule has 1 rings (SSSR count). The molecule has 0 aliphatic heterocycles. The zero-order valence-electron chi connectivity index (χ0n) is 10.5. The Bertz CT molecular complexity index is 412. The van der Waals surface area contributed by atoms with Crippen LogP contribution in [0.4, 0.5) is 4.39 Å². The predicted molar refractivity (Wildman–Crippen MR) is 71.7 cm³/mol. The second-order valence-corrected chi connectivity index (χ2v) is 4.68. The second kappa shape index (κ2) is 7.48. The maximum Gasteiger partial charge on any atom is 0.323 e. The van der Waals surface area contributed by atoms with Gasteiger partial charge in [-0.15, -0.1) is 0 Å². The van der Waals surface area contributed by atoms with E-state index in [1.54, 1.807) is 13.0 Å². The standard InChI is InChI=1S/C13H17BrFNO2/c1-3-12(13(17)18-4-2)16-8-9-7-10(15)5-6-11(9)14/h5-7,12,16H,3-4,8H2,1-2H3. The first-order chi connectivity index (χ1) is 8.58. The fraction of sp³-hybridized carbons (Fsp3) is 0.462. The first-order valence-corrected chi connectivity index (χ1v) is 6.71. The van der Waals surface area contributed by atoms with Gasteiger partial charge in [-0.3, -0.25) is 4.79 Å². The van der Waals surface area contributed by atoms with E-state index in [1.165, 1.54) is 12.1 Å². The van der Waals surface area contributed by atoms with Gasteiger partial charge in [0.25, 0.3) is 0 Å². The van der Waals surface area contributed by atoms with E-state index in [4.69, 9.17) is 4.74 Å². The minimum absolute atomic E-state index is 0.271. The largest absolute Gasteiger partial charge is 0.465 e. The third-order valence-electron chi connectivity index (χ3n) is 2.53. The number of ether oxygens (including phenoxy) is 1. The molecule has 0 spiro atoms. The molecule has 0 saturated carbocycles. The van der Waals surface area contributed by atoms with Gasteiger partial charge in [0.15, 0.2) is 0 Å². The lowest BCUT2D eigenvalue weighted by Crippen LogP contribution is -2.37. The summed E-state index contributed by atoms with van der Waals surface area (Å²) in [6, 6.07) is 4.11. The van der Waals surface area contributed by atoms with Crippen molar-refractivity contribution in [3.8, 4) is 0 Å². The molecule has 3 nitrogen and oxygen atoms in total. The monoisotopic (exact) mass is 317 g/mol. The zero-order chi connectivity index (χ0) is 13.5. The smallest absolute Gasteiger partial charge is 0.323 e. The van der Waals surface area contributed by atoms with Crippen molar-refractivity contribution in [3.63, 3.8) is 0 Å². The summed E-state index contributed by atoms with van der Waals surface area (Å²) in [5.74, 6) is -0.563. The number of carbonyl (C=O) groups excluding carboxylic acids is 1. The molecule has 1 N–H and O–H groups in total. The van der Waals surface area contributed by atoms with Crippen molar-refractivity contribution in [2.75, 3.05) is 6.61 Å². The normalized spacial score (nSPS) is 12.2. The Morgan fingerprint density at radius 2 is 2.22 bits per heavy atom. The Kier molecular flexibility index (Phi) is 6.29. The van der Waals surface area contributed by atoms with Crippen LogP contribution >= 0.6 is 15.9 Å². The van der Waals surface area contributed by atoms with E-state index in [9.17, 15) is 9.18 Å². The predicted octanol–water partition coefficient (Wildman–Crippen LogP) is 3.02. The van der Waals surface area contributed by atoms with Crippen molar-refractivity contribution in [1.29, 1.82) is 0 Å². The van der Waals surface area contributed by atoms with Crippen LogP contribution in [0.1, 0.15) is 25.8 Å². The van der Waals surface area contributed by atoms with Crippen LogP contribution in [0, 0.1) is 5.82 Å². The molecule has 0 aliphatic carbocycles. The fourth-order valence-electron chi connectivity index (χ4n) is 1.55. The Morgan fingerprint density at radius 3 is 2.83 bits per heavy atom. The van der Waals surface area contributed by atoms with Gasteiger partial charge in [0.2, 0.25) is 0 Å². The van der Waals surface area contributed by atoms with Gasteiger partial charge in [0.05, 0.1) is 6.61 Å². The number of carbonyl (C=O) groups is 1. The Balaban J connectivity index is 2.62. The summed E-state index contributed by atoms with van der Waals surface area (Å²) in [4.78, 5) is 11.6. The lowest BCUT2D eigenvalue weighted by atomic mass is 10.2. The highest BCUT2D eigenvalue weighted by Gasteiger charge is 2.17. The molecule has 0 saturated heterocycles. The number of esters is 1. The van der Waals surface area contributed by atoms with Crippen LogP contribution in [0.5, 0.6) is 0 Å². The van der Waals surface area contributed by atoms with Gasteiger partial charge in [-0.1, -0.05) is 22.9 Å². The molecular weight excluding hydrogens is 301 g/mol. The van der Waals surface area contributed by atoms with Gasteiger partial charge in [-0.05, 0) is 37.1 Å². The van der Waals surface area contributed by atoms with Crippen LogP contribution in [-0.2, 0) is 16.1 Å². The summed E-state index contributed by atoms with van der Waals surface area (Å²) in [7, 11) is 0. The average Bonchev–Trinajstić information content (AvgIpc) is 2.34. The molecule has 0 bridgehead atoms. The van der Waals surface area contributed by atoms with Crippen molar-refractivity contribution in [1.82, 2.24) is 5.32 Å². The summed E-state index contributed by atoms with van der Waals surface area (Å²) < 4.78 is 18.9. The van der Waals surface area contributed by atoms with Crippen molar-refractivity contribution in [3.05, 3.63) is 34.1 Å². The maximum absolute atomic E-state index is 13.1. The van der Waals surface area contributed by atoms with Gasteiger partial charge >= 0.3 is 5.97 Å². The van der Waals surface area contributed by atoms with E-state index in [1.807, 2.05) is 6.92 Å². The van der Waals surface area contributed by atoms with Crippen molar-refractivity contribution in [2.45, 2.75) is 32.9 Å². The van der Waals surface area contributed by atoms with E-state index in [2.05, 4.69) is 21.2 Å². The highest BCUT2D eigenvalue weighted by Crippen LogP contribution is 2.17. The van der Waals surface area contributed by atoms with Gasteiger partial charge in [0, 0.05) is 11.0 Å². The van der Waals surface area contributed by atoms with Crippen molar-refractivity contribution < 1.29 is 13.9 Å². The minimum atomic E-state index is -0.361. The number of halogens is 2. The average molecular weight is 318 g/mol. The van der Waals surface area contributed by atoms with Gasteiger partial charge in [-0.2, -0.15) is 0 Å². The van der Waals surface area contributed by atoms with E-state index in [-0.39, 0.29) is 17.8 Å². The molecule has 18 heavy (non-hydrogen) atoms. The van der Waals surface area contributed by atoms with Gasteiger partial charge in [0.1, 0.15) is 11.9 Å². The summed E-state index contributed by atoms with van der Waals surface area (Å²) in [5.41, 5.74) is 0.776. The lowest BCUT2D eigenvalue weighted by molar-refractivity contribution is -0.145. The van der Waals surface area contributed by atoms with Crippen LogP contribution in [0.15, 0.2) is 22.7 Å². The Labute approximate surface area is 115 Å². The number of nitrogens with one attached hydrogen (secondary N) is 1. The quantitative estimate of drug-likeness (QED) is 0.820. The van der Waals surface area contributed by atoms with Crippen LogP contribution < -0.4 is 5.32 Å².